The first-order valence-corrected chi connectivity index (χ1v) is 7.73. The second-order valence-corrected chi connectivity index (χ2v) is 6.30. The minimum Gasteiger partial charge on any atom is -0.290 e. The minimum atomic E-state index is 0.574. The SMILES string of the molecule is CC[C@@H](C)[C@@H](C)N(Cc1nnnn1C1CC1)C1CC1. The van der Waals surface area contributed by atoms with Crippen molar-refractivity contribution in [3.8, 4) is 0 Å². The first kappa shape index (κ1) is 13.0. The predicted molar refractivity (Wildman–Crippen MR) is 73.6 cm³/mol. The van der Waals surface area contributed by atoms with E-state index in [4.69, 9.17) is 0 Å². The molecule has 0 aliphatic heterocycles. The van der Waals surface area contributed by atoms with Gasteiger partial charge in [0.05, 0.1) is 12.6 Å². The maximum absolute atomic E-state index is 4.26. The van der Waals surface area contributed by atoms with Gasteiger partial charge >= 0.3 is 0 Å². The molecular weight excluding hydrogens is 238 g/mol. The van der Waals surface area contributed by atoms with Gasteiger partial charge in [-0.3, -0.25) is 4.90 Å². The van der Waals surface area contributed by atoms with Gasteiger partial charge in [0.25, 0.3) is 0 Å². The van der Waals surface area contributed by atoms with Crippen LogP contribution >= 0.6 is 0 Å². The topological polar surface area (TPSA) is 46.8 Å². The molecule has 19 heavy (non-hydrogen) atoms. The largest absolute Gasteiger partial charge is 0.290 e. The first-order valence-electron chi connectivity index (χ1n) is 7.73. The van der Waals surface area contributed by atoms with Gasteiger partial charge in [-0.25, -0.2) is 4.68 Å². The molecule has 0 amide bonds. The van der Waals surface area contributed by atoms with Crippen molar-refractivity contribution in [3.63, 3.8) is 0 Å². The summed E-state index contributed by atoms with van der Waals surface area (Å²) >= 11 is 0. The molecule has 2 atom stereocenters. The fourth-order valence-corrected chi connectivity index (χ4v) is 2.76. The Morgan fingerprint density at radius 2 is 2.00 bits per heavy atom. The summed E-state index contributed by atoms with van der Waals surface area (Å²) in [5.41, 5.74) is 0. The van der Waals surface area contributed by atoms with Crippen molar-refractivity contribution in [3.05, 3.63) is 5.82 Å². The van der Waals surface area contributed by atoms with Crippen molar-refractivity contribution in [2.75, 3.05) is 0 Å². The number of tetrazole rings is 1. The summed E-state index contributed by atoms with van der Waals surface area (Å²) < 4.78 is 2.05. The van der Waals surface area contributed by atoms with Gasteiger partial charge in [0.2, 0.25) is 0 Å². The van der Waals surface area contributed by atoms with Crippen molar-refractivity contribution in [1.29, 1.82) is 0 Å². The van der Waals surface area contributed by atoms with Gasteiger partial charge in [-0.05, 0) is 49.0 Å². The number of hydrogen-bond donors (Lipinski definition) is 0. The van der Waals surface area contributed by atoms with E-state index in [0.717, 1.165) is 24.3 Å². The van der Waals surface area contributed by atoms with E-state index in [1.54, 1.807) is 0 Å². The lowest BCUT2D eigenvalue weighted by molar-refractivity contribution is 0.135. The molecule has 5 nitrogen and oxygen atoms in total. The Morgan fingerprint density at radius 3 is 2.58 bits per heavy atom. The van der Waals surface area contributed by atoms with Crippen LogP contribution in [-0.2, 0) is 6.54 Å². The summed E-state index contributed by atoms with van der Waals surface area (Å²) in [6.45, 7) is 7.90. The zero-order chi connectivity index (χ0) is 13.4. The maximum atomic E-state index is 4.26. The van der Waals surface area contributed by atoms with Gasteiger partial charge in [-0.1, -0.05) is 20.3 Å². The van der Waals surface area contributed by atoms with E-state index < -0.39 is 0 Å². The summed E-state index contributed by atoms with van der Waals surface area (Å²) in [4.78, 5) is 2.62. The summed E-state index contributed by atoms with van der Waals surface area (Å²) in [6, 6.07) is 1.94. The zero-order valence-electron chi connectivity index (χ0n) is 12.3. The average molecular weight is 263 g/mol. The molecule has 0 radical (unpaired) electrons. The fraction of sp³-hybridized carbons (Fsp3) is 0.929. The Morgan fingerprint density at radius 1 is 1.26 bits per heavy atom. The van der Waals surface area contributed by atoms with E-state index in [0.29, 0.717) is 12.1 Å². The number of hydrogen-bond acceptors (Lipinski definition) is 4. The average Bonchev–Trinajstić information content (AvgIpc) is 3.34. The minimum absolute atomic E-state index is 0.574. The Balaban J connectivity index is 1.72. The van der Waals surface area contributed by atoms with Gasteiger partial charge in [0.1, 0.15) is 0 Å². The van der Waals surface area contributed by atoms with Crippen LogP contribution in [0.15, 0.2) is 0 Å². The van der Waals surface area contributed by atoms with E-state index in [1.165, 1.54) is 32.1 Å². The highest BCUT2D eigenvalue weighted by Crippen LogP contribution is 2.36. The standard InChI is InChI=1S/C14H25N5/c1-4-10(2)11(3)18(12-5-6-12)9-14-15-16-17-19(14)13-7-8-13/h10-13H,4-9H2,1-3H3/t10-,11-/m1/s1. The van der Waals surface area contributed by atoms with E-state index in [9.17, 15) is 0 Å². The second-order valence-electron chi connectivity index (χ2n) is 6.30. The van der Waals surface area contributed by atoms with Crippen molar-refractivity contribution < 1.29 is 0 Å². The maximum Gasteiger partial charge on any atom is 0.165 e. The predicted octanol–water partition coefficient (Wildman–Crippen LogP) is 2.41. The number of aromatic nitrogens is 4. The highest BCUT2D eigenvalue weighted by atomic mass is 15.6. The zero-order valence-corrected chi connectivity index (χ0v) is 12.3. The van der Waals surface area contributed by atoms with Crippen LogP contribution in [0.5, 0.6) is 0 Å². The van der Waals surface area contributed by atoms with Crippen LogP contribution in [0.1, 0.15) is 64.7 Å². The molecule has 5 heteroatoms. The van der Waals surface area contributed by atoms with Crippen LogP contribution in [0.2, 0.25) is 0 Å². The van der Waals surface area contributed by atoms with Gasteiger partial charge in [-0.2, -0.15) is 0 Å². The van der Waals surface area contributed by atoms with Gasteiger partial charge in [-0.15, -0.1) is 5.10 Å². The molecule has 0 saturated heterocycles. The molecular formula is C14H25N5. The van der Waals surface area contributed by atoms with Crippen LogP contribution in [0.3, 0.4) is 0 Å². The molecule has 3 rings (SSSR count). The molecule has 2 fully saturated rings. The molecule has 106 valence electrons. The van der Waals surface area contributed by atoms with Crippen molar-refractivity contribution in [2.45, 2.75) is 77.5 Å². The summed E-state index contributed by atoms with van der Waals surface area (Å²) in [7, 11) is 0. The highest BCUT2D eigenvalue weighted by Gasteiger charge is 2.36. The Labute approximate surface area is 115 Å². The summed E-state index contributed by atoms with van der Waals surface area (Å²) in [5, 5.41) is 12.3. The molecule has 2 aliphatic carbocycles. The molecule has 0 spiro atoms. The van der Waals surface area contributed by atoms with E-state index in [1.807, 2.05) is 0 Å². The molecule has 0 unspecified atom stereocenters. The molecule has 1 aromatic heterocycles. The molecule has 1 heterocycles. The van der Waals surface area contributed by atoms with Crippen molar-refractivity contribution >= 4 is 0 Å². The Hall–Kier alpha value is -0.970. The third kappa shape index (κ3) is 2.81. The van der Waals surface area contributed by atoms with Crippen molar-refractivity contribution in [2.24, 2.45) is 5.92 Å². The van der Waals surface area contributed by atoms with Crippen LogP contribution < -0.4 is 0 Å². The van der Waals surface area contributed by atoms with Crippen molar-refractivity contribution in [1.82, 2.24) is 25.1 Å². The van der Waals surface area contributed by atoms with Crippen LogP contribution in [0, 0.1) is 5.92 Å². The summed E-state index contributed by atoms with van der Waals surface area (Å²) in [5.74, 6) is 1.79. The van der Waals surface area contributed by atoms with E-state index in [-0.39, 0.29) is 0 Å². The number of rotatable bonds is 7. The molecule has 0 aromatic carbocycles. The highest BCUT2D eigenvalue weighted by molar-refractivity contribution is 4.95. The molecule has 2 saturated carbocycles. The van der Waals surface area contributed by atoms with E-state index >= 15 is 0 Å². The monoisotopic (exact) mass is 263 g/mol. The Bertz CT molecular complexity index is 421. The normalized spacial score (nSPS) is 22.7. The first-order chi connectivity index (χ1) is 9.20. The molecule has 1 aromatic rings. The van der Waals surface area contributed by atoms with Gasteiger partial charge in [0.15, 0.2) is 5.82 Å². The lowest BCUT2D eigenvalue weighted by atomic mass is 9.99. The molecule has 2 aliphatic rings. The van der Waals surface area contributed by atoms with Gasteiger partial charge < -0.3 is 0 Å². The van der Waals surface area contributed by atoms with Gasteiger partial charge in [0, 0.05) is 12.1 Å². The lowest BCUT2D eigenvalue weighted by Gasteiger charge is -2.32. The lowest BCUT2D eigenvalue weighted by Crippen LogP contribution is -2.39. The van der Waals surface area contributed by atoms with Crippen LogP contribution in [0.25, 0.3) is 0 Å². The molecule has 0 N–H and O–H groups in total. The van der Waals surface area contributed by atoms with Crippen LogP contribution in [0.4, 0.5) is 0 Å². The Kier molecular flexibility index (Phi) is 3.56. The third-order valence-electron chi connectivity index (χ3n) is 4.78. The number of nitrogens with zero attached hydrogens (tertiary/aromatic N) is 5. The van der Waals surface area contributed by atoms with Crippen LogP contribution in [-0.4, -0.2) is 37.2 Å². The summed E-state index contributed by atoms with van der Waals surface area (Å²) in [6.07, 6.45) is 6.39. The second kappa shape index (κ2) is 5.19. The van der Waals surface area contributed by atoms with E-state index in [2.05, 4.69) is 45.9 Å². The smallest absolute Gasteiger partial charge is 0.165 e. The quantitative estimate of drug-likeness (QED) is 0.758. The fourth-order valence-electron chi connectivity index (χ4n) is 2.76. The molecule has 0 bridgehead atoms. The third-order valence-corrected chi connectivity index (χ3v) is 4.78.